The van der Waals surface area contributed by atoms with Crippen LogP contribution in [0.1, 0.15) is 89.2 Å². The predicted octanol–water partition coefficient (Wildman–Crippen LogP) is 7.99. The Bertz CT molecular complexity index is 612. The summed E-state index contributed by atoms with van der Waals surface area (Å²) < 4.78 is 0. The molecule has 0 aliphatic heterocycles. The van der Waals surface area contributed by atoms with Gasteiger partial charge in [-0.3, -0.25) is 0 Å². The number of unbranched alkanes of at least 4 members (excludes halogenated alkanes) is 3. The average molecular weight is 363 g/mol. The van der Waals surface area contributed by atoms with Crippen molar-refractivity contribution in [2.24, 2.45) is 11.8 Å². The number of hydrogen-bond donors (Lipinski definition) is 0. The molecule has 0 amide bonds. The number of hydrogen-bond acceptors (Lipinski definition) is 0. The Morgan fingerprint density at radius 2 is 1.56 bits per heavy atom. The zero-order chi connectivity index (χ0) is 19.2. The Hall–Kier alpha value is -1.74. The van der Waals surface area contributed by atoms with Crippen LogP contribution in [0.15, 0.2) is 42.5 Å². The van der Waals surface area contributed by atoms with E-state index in [4.69, 9.17) is 0 Å². The molecule has 0 heterocycles. The molecule has 0 nitrogen and oxygen atoms in total. The second-order valence-electron chi connectivity index (χ2n) is 8.10. The summed E-state index contributed by atoms with van der Waals surface area (Å²) in [7, 11) is 0. The van der Waals surface area contributed by atoms with Crippen LogP contribution >= 0.6 is 0 Å². The van der Waals surface area contributed by atoms with Gasteiger partial charge in [-0.25, -0.2) is 0 Å². The van der Waals surface area contributed by atoms with Gasteiger partial charge in [0.25, 0.3) is 0 Å². The van der Waals surface area contributed by atoms with Gasteiger partial charge in [0.1, 0.15) is 0 Å². The average Bonchev–Trinajstić information content (AvgIpc) is 2.71. The van der Waals surface area contributed by atoms with Gasteiger partial charge >= 0.3 is 0 Å². The maximum absolute atomic E-state index is 3.18. The molecule has 1 aromatic carbocycles. The second-order valence-corrected chi connectivity index (χ2v) is 8.10. The third-order valence-corrected chi connectivity index (χ3v) is 5.80. The molecular weight excluding hydrogens is 324 g/mol. The first-order valence-electron chi connectivity index (χ1n) is 11.2. The van der Waals surface area contributed by atoms with Gasteiger partial charge in [-0.1, -0.05) is 88.1 Å². The van der Waals surface area contributed by atoms with Crippen LogP contribution < -0.4 is 0 Å². The molecule has 1 aliphatic rings. The Labute approximate surface area is 168 Å². The van der Waals surface area contributed by atoms with Crippen molar-refractivity contribution in [3.8, 4) is 11.8 Å². The van der Waals surface area contributed by atoms with Crippen LogP contribution in [0.2, 0.25) is 0 Å². The topological polar surface area (TPSA) is 0 Å². The molecule has 0 atom stereocenters. The highest BCUT2D eigenvalue weighted by atomic mass is 14.2. The lowest BCUT2D eigenvalue weighted by Gasteiger charge is -2.26. The lowest BCUT2D eigenvalue weighted by Crippen LogP contribution is -2.12. The summed E-state index contributed by atoms with van der Waals surface area (Å²) >= 11 is 0. The minimum absolute atomic E-state index is 0.751. The zero-order valence-corrected chi connectivity index (χ0v) is 17.6. The van der Waals surface area contributed by atoms with Crippen LogP contribution in [0.5, 0.6) is 0 Å². The minimum atomic E-state index is 0.751. The third kappa shape index (κ3) is 9.14. The molecule has 1 aliphatic carbocycles. The predicted molar refractivity (Wildman–Crippen MR) is 121 cm³/mol. The number of allylic oxidation sites excluding steroid dienone is 3. The van der Waals surface area contributed by atoms with Crippen molar-refractivity contribution < 1.29 is 0 Å². The quantitative estimate of drug-likeness (QED) is 0.308. The van der Waals surface area contributed by atoms with Gasteiger partial charge in [0.2, 0.25) is 0 Å². The van der Waals surface area contributed by atoms with Crippen molar-refractivity contribution in [3.63, 3.8) is 0 Å². The molecule has 0 bridgehead atoms. The molecular formula is C27H38. The van der Waals surface area contributed by atoms with Crippen LogP contribution in [-0.4, -0.2) is 0 Å². The Morgan fingerprint density at radius 1 is 0.852 bits per heavy atom. The van der Waals surface area contributed by atoms with Gasteiger partial charge in [-0.2, -0.15) is 0 Å². The highest BCUT2D eigenvalue weighted by Crippen LogP contribution is 2.32. The molecule has 0 heteroatoms. The highest BCUT2D eigenvalue weighted by molar-refractivity contribution is 5.53. The van der Waals surface area contributed by atoms with Crippen LogP contribution in [0, 0.1) is 23.7 Å². The second kappa shape index (κ2) is 13.4. The van der Waals surface area contributed by atoms with E-state index >= 15 is 0 Å². The first-order valence-corrected chi connectivity index (χ1v) is 11.2. The molecule has 2 rings (SSSR count). The van der Waals surface area contributed by atoms with Crippen LogP contribution in [0.3, 0.4) is 0 Å². The van der Waals surface area contributed by atoms with Crippen molar-refractivity contribution in [3.05, 3.63) is 53.6 Å². The van der Waals surface area contributed by atoms with E-state index in [0.717, 1.165) is 11.8 Å². The van der Waals surface area contributed by atoms with Crippen molar-refractivity contribution in [2.45, 2.75) is 84.5 Å². The van der Waals surface area contributed by atoms with Crippen molar-refractivity contribution in [1.82, 2.24) is 0 Å². The first kappa shape index (κ1) is 21.6. The normalized spacial score (nSPS) is 20.1. The third-order valence-electron chi connectivity index (χ3n) is 5.80. The molecule has 27 heavy (non-hydrogen) atoms. The van der Waals surface area contributed by atoms with Crippen molar-refractivity contribution in [1.29, 1.82) is 0 Å². The minimum Gasteiger partial charge on any atom is -0.0730 e. The van der Waals surface area contributed by atoms with Gasteiger partial charge < -0.3 is 0 Å². The maximum atomic E-state index is 3.18. The molecule has 0 saturated heterocycles. The molecule has 0 radical (unpaired) electrons. The van der Waals surface area contributed by atoms with E-state index in [2.05, 4.69) is 68.2 Å². The summed E-state index contributed by atoms with van der Waals surface area (Å²) in [4.78, 5) is 0. The van der Waals surface area contributed by atoms with Gasteiger partial charge in [-0.05, 0) is 79.7 Å². The van der Waals surface area contributed by atoms with E-state index in [1.165, 1.54) is 81.8 Å². The smallest absolute Gasteiger partial charge is 0.0109 e. The lowest BCUT2D eigenvalue weighted by molar-refractivity contribution is 0.291. The summed E-state index contributed by atoms with van der Waals surface area (Å²) in [5.41, 5.74) is 2.68. The molecule has 1 saturated carbocycles. The fourth-order valence-corrected chi connectivity index (χ4v) is 3.96. The van der Waals surface area contributed by atoms with Crippen LogP contribution in [0.25, 0.3) is 6.08 Å². The summed E-state index contributed by atoms with van der Waals surface area (Å²) in [5.74, 6) is 8.07. The summed E-state index contributed by atoms with van der Waals surface area (Å²) in [6.07, 6.45) is 23.3. The van der Waals surface area contributed by atoms with Crippen LogP contribution in [-0.2, 0) is 6.42 Å². The Balaban J connectivity index is 1.68. The van der Waals surface area contributed by atoms with Gasteiger partial charge in [0, 0.05) is 0 Å². The first-order chi connectivity index (χ1) is 13.3. The highest BCUT2D eigenvalue weighted by Gasteiger charge is 2.18. The molecule has 0 unspecified atom stereocenters. The van der Waals surface area contributed by atoms with Gasteiger partial charge in [0.15, 0.2) is 0 Å². The fraction of sp³-hybridized carbons (Fsp3) is 0.556. The van der Waals surface area contributed by atoms with E-state index in [0.29, 0.717) is 0 Å². The molecule has 0 N–H and O–H groups in total. The standard InChI is InChI=1S/C27H38/c1-3-5-9-13-25-20-22-27(23-21-25)15-11-8-7-10-14-26-18-16-24(17-19-26)12-6-4-2/h10-11,14-15,20-24,26H,3-6,9,12-13,16-19H2,1-2H3/t24-,26-. The van der Waals surface area contributed by atoms with E-state index in [9.17, 15) is 0 Å². The summed E-state index contributed by atoms with van der Waals surface area (Å²) in [6.45, 7) is 4.55. The summed E-state index contributed by atoms with van der Waals surface area (Å²) in [5, 5.41) is 0. The fourth-order valence-electron chi connectivity index (χ4n) is 3.96. The largest absolute Gasteiger partial charge is 0.0730 e. The molecule has 0 aromatic heterocycles. The van der Waals surface area contributed by atoms with E-state index in [1.807, 2.05) is 6.08 Å². The van der Waals surface area contributed by atoms with Gasteiger partial charge in [0.05, 0.1) is 0 Å². The van der Waals surface area contributed by atoms with Gasteiger partial charge in [-0.15, -0.1) is 0 Å². The van der Waals surface area contributed by atoms with Crippen molar-refractivity contribution >= 4 is 6.08 Å². The molecule has 0 spiro atoms. The number of aryl methyl sites for hydroxylation is 1. The van der Waals surface area contributed by atoms with E-state index in [1.54, 1.807) is 0 Å². The maximum Gasteiger partial charge on any atom is -0.0109 e. The van der Waals surface area contributed by atoms with Crippen molar-refractivity contribution in [2.75, 3.05) is 0 Å². The molecule has 1 fully saturated rings. The molecule has 1 aromatic rings. The Kier molecular flexibility index (Phi) is 10.7. The molecule has 146 valence electrons. The lowest BCUT2D eigenvalue weighted by atomic mass is 9.80. The SMILES string of the molecule is CCCCCc1ccc(C=CC#CC=C[C@H]2CC[C@H](CCCC)CC2)cc1. The van der Waals surface area contributed by atoms with Crippen LogP contribution in [0.4, 0.5) is 0 Å². The zero-order valence-electron chi connectivity index (χ0n) is 17.6. The Morgan fingerprint density at radius 3 is 2.26 bits per heavy atom. The van der Waals surface area contributed by atoms with E-state index < -0.39 is 0 Å². The monoisotopic (exact) mass is 362 g/mol. The summed E-state index contributed by atoms with van der Waals surface area (Å²) in [6, 6.07) is 8.90. The van der Waals surface area contributed by atoms with E-state index in [-0.39, 0.29) is 0 Å². The number of benzene rings is 1. The number of rotatable bonds is 9.